The third kappa shape index (κ3) is 2.67. The Balaban J connectivity index is 1.64. The van der Waals surface area contributed by atoms with Crippen LogP contribution in [0.3, 0.4) is 0 Å². The van der Waals surface area contributed by atoms with E-state index in [0.29, 0.717) is 35.5 Å². The Hall–Kier alpha value is -4.01. The van der Waals surface area contributed by atoms with Gasteiger partial charge in [0.1, 0.15) is 5.76 Å². The molecule has 1 aliphatic rings. The number of fused-ring (bicyclic) bond motifs is 3. The van der Waals surface area contributed by atoms with E-state index in [1.54, 1.807) is 6.07 Å². The SMILES string of the molecule is NC1(c2ccc(-c3c(-c4ccccc4)oc4c(ccn5c(=O)[nH]nc45)c3=O)cc2)COC1. The van der Waals surface area contributed by atoms with Gasteiger partial charge < -0.3 is 14.9 Å². The van der Waals surface area contributed by atoms with Crippen LogP contribution in [-0.4, -0.2) is 27.8 Å². The van der Waals surface area contributed by atoms with Crippen LogP contribution in [0.1, 0.15) is 5.56 Å². The Morgan fingerprint density at radius 1 is 0.969 bits per heavy atom. The number of pyridine rings is 1. The van der Waals surface area contributed by atoms with Gasteiger partial charge in [0.05, 0.1) is 29.7 Å². The number of aromatic nitrogens is 3. The molecule has 158 valence electrons. The number of hydrogen-bond acceptors (Lipinski definition) is 6. The maximum absolute atomic E-state index is 13.7. The first-order valence-corrected chi connectivity index (χ1v) is 10.1. The van der Waals surface area contributed by atoms with Gasteiger partial charge in [-0.05, 0) is 17.2 Å². The second-order valence-corrected chi connectivity index (χ2v) is 8.01. The summed E-state index contributed by atoms with van der Waals surface area (Å²) in [7, 11) is 0. The van der Waals surface area contributed by atoms with E-state index in [9.17, 15) is 9.59 Å². The molecule has 4 heterocycles. The molecule has 6 rings (SSSR count). The first kappa shape index (κ1) is 18.7. The van der Waals surface area contributed by atoms with E-state index in [0.717, 1.165) is 11.1 Å². The molecular formula is C24H18N4O4. The summed E-state index contributed by atoms with van der Waals surface area (Å²) >= 11 is 0. The Kier molecular flexibility index (Phi) is 3.95. The molecule has 0 atom stereocenters. The summed E-state index contributed by atoms with van der Waals surface area (Å²) in [6.07, 6.45) is 1.52. The number of benzene rings is 2. The Labute approximate surface area is 180 Å². The number of nitrogens with two attached hydrogens (primary N) is 1. The van der Waals surface area contributed by atoms with Crippen molar-refractivity contribution >= 4 is 16.6 Å². The van der Waals surface area contributed by atoms with Crippen LogP contribution in [0, 0.1) is 0 Å². The molecule has 5 aromatic rings. The molecule has 0 amide bonds. The van der Waals surface area contributed by atoms with Crippen LogP contribution in [-0.2, 0) is 10.3 Å². The highest BCUT2D eigenvalue weighted by atomic mass is 16.5. The third-order valence-corrected chi connectivity index (χ3v) is 5.95. The average molecular weight is 426 g/mol. The normalized spacial score (nSPS) is 15.2. The molecule has 0 aliphatic carbocycles. The van der Waals surface area contributed by atoms with E-state index >= 15 is 0 Å². The predicted molar refractivity (Wildman–Crippen MR) is 119 cm³/mol. The summed E-state index contributed by atoms with van der Waals surface area (Å²) in [6.45, 7) is 0.942. The van der Waals surface area contributed by atoms with Crippen molar-refractivity contribution in [1.82, 2.24) is 14.6 Å². The number of nitrogens with one attached hydrogen (secondary N) is 1. The Morgan fingerprint density at radius 3 is 2.41 bits per heavy atom. The summed E-state index contributed by atoms with van der Waals surface area (Å²) in [5.41, 5.74) is 8.62. The third-order valence-electron chi connectivity index (χ3n) is 5.95. The molecule has 8 nitrogen and oxygen atoms in total. The highest BCUT2D eigenvalue weighted by Gasteiger charge is 2.36. The van der Waals surface area contributed by atoms with Gasteiger partial charge in [-0.15, -0.1) is 5.10 Å². The lowest BCUT2D eigenvalue weighted by molar-refractivity contribution is -0.0569. The van der Waals surface area contributed by atoms with Crippen molar-refractivity contribution in [2.24, 2.45) is 5.73 Å². The summed E-state index contributed by atoms with van der Waals surface area (Å²) in [5.74, 6) is 0.411. The van der Waals surface area contributed by atoms with Crippen LogP contribution in [0.2, 0.25) is 0 Å². The van der Waals surface area contributed by atoms with Crippen molar-refractivity contribution in [3.05, 3.63) is 93.1 Å². The zero-order chi connectivity index (χ0) is 21.9. The Morgan fingerprint density at radius 2 is 1.72 bits per heavy atom. The lowest BCUT2D eigenvalue weighted by Crippen LogP contribution is -2.54. The van der Waals surface area contributed by atoms with Gasteiger partial charge >= 0.3 is 5.69 Å². The number of hydrogen-bond donors (Lipinski definition) is 2. The molecule has 32 heavy (non-hydrogen) atoms. The zero-order valence-electron chi connectivity index (χ0n) is 16.9. The maximum Gasteiger partial charge on any atom is 0.347 e. The van der Waals surface area contributed by atoms with E-state index in [2.05, 4.69) is 10.2 Å². The highest BCUT2D eigenvalue weighted by molar-refractivity contribution is 5.94. The highest BCUT2D eigenvalue weighted by Crippen LogP contribution is 2.34. The predicted octanol–water partition coefficient (Wildman–Crippen LogP) is 2.65. The minimum Gasteiger partial charge on any atom is -0.451 e. The quantitative estimate of drug-likeness (QED) is 0.458. The standard InChI is InChI=1S/C24H18N4O4/c25-24(12-31-13-24)16-8-6-14(7-9-16)18-19(29)17-10-11-28-22(26-27-23(28)30)21(17)32-20(18)15-4-2-1-3-5-15/h1-11H,12-13,25H2,(H,27,30). The second kappa shape index (κ2) is 6.74. The van der Waals surface area contributed by atoms with Crippen LogP contribution in [0.25, 0.3) is 39.1 Å². The van der Waals surface area contributed by atoms with E-state index in [1.807, 2.05) is 54.6 Å². The van der Waals surface area contributed by atoms with Gasteiger partial charge in [0.15, 0.2) is 5.58 Å². The summed E-state index contributed by atoms with van der Waals surface area (Å²) in [4.78, 5) is 25.7. The smallest absolute Gasteiger partial charge is 0.347 e. The number of rotatable bonds is 3. The fraction of sp³-hybridized carbons (Fsp3) is 0.125. The molecule has 0 radical (unpaired) electrons. The van der Waals surface area contributed by atoms with Crippen LogP contribution in [0.15, 0.2) is 80.9 Å². The van der Waals surface area contributed by atoms with Crippen molar-refractivity contribution < 1.29 is 9.15 Å². The molecule has 3 aromatic heterocycles. The molecule has 0 bridgehead atoms. The van der Waals surface area contributed by atoms with Crippen LogP contribution >= 0.6 is 0 Å². The molecule has 0 unspecified atom stereocenters. The van der Waals surface area contributed by atoms with Gasteiger partial charge in [-0.25, -0.2) is 14.3 Å². The van der Waals surface area contributed by atoms with E-state index in [4.69, 9.17) is 14.9 Å². The van der Waals surface area contributed by atoms with Gasteiger partial charge in [-0.3, -0.25) is 4.79 Å². The largest absolute Gasteiger partial charge is 0.451 e. The van der Waals surface area contributed by atoms with Crippen LogP contribution < -0.4 is 16.9 Å². The summed E-state index contributed by atoms with van der Waals surface area (Å²) in [5, 5.41) is 6.79. The van der Waals surface area contributed by atoms with Crippen LogP contribution in [0.5, 0.6) is 0 Å². The first-order chi connectivity index (χ1) is 15.5. The Bertz CT molecular complexity index is 1590. The van der Waals surface area contributed by atoms with E-state index in [-0.39, 0.29) is 16.7 Å². The van der Waals surface area contributed by atoms with Gasteiger partial charge in [0.25, 0.3) is 0 Å². The molecule has 0 saturated carbocycles. The van der Waals surface area contributed by atoms with Crippen molar-refractivity contribution in [1.29, 1.82) is 0 Å². The lowest BCUT2D eigenvalue weighted by atomic mass is 9.88. The molecular weight excluding hydrogens is 408 g/mol. The molecule has 8 heteroatoms. The topological polar surface area (TPSA) is 116 Å². The zero-order valence-corrected chi connectivity index (χ0v) is 16.9. The van der Waals surface area contributed by atoms with Gasteiger partial charge in [-0.2, -0.15) is 0 Å². The first-order valence-electron chi connectivity index (χ1n) is 10.1. The molecule has 1 aliphatic heterocycles. The van der Waals surface area contributed by atoms with Gasteiger partial charge in [0, 0.05) is 11.8 Å². The maximum atomic E-state index is 13.7. The van der Waals surface area contributed by atoms with Crippen molar-refractivity contribution in [2.75, 3.05) is 13.2 Å². The molecule has 2 aromatic carbocycles. The summed E-state index contributed by atoms with van der Waals surface area (Å²) in [6, 6.07) is 18.6. The number of nitrogens with zero attached hydrogens (tertiary/aromatic N) is 2. The second-order valence-electron chi connectivity index (χ2n) is 8.01. The van der Waals surface area contributed by atoms with Crippen molar-refractivity contribution in [3.8, 4) is 22.5 Å². The number of ether oxygens (including phenoxy) is 1. The molecule has 0 spiro atoms. The number of aromatic amines is 1. The van der Waals surface area contributed by atoms with Gasteiger partial charge in [-0.1, -0.05) is 54.6 Å². The average Bonchev–Trinajstić information content (AvgIpc) is 3.19. The lowest BCUT2D eigenvalue weighted by Gasteiger charge is -2.38. The van der Waals surface area contributed by atoms with Crippen LogP contribution in [0.4, 0.5) is 0 Å². The fourth-order valence-corrected chi connectivity index (χ4v) is 4.13. The molecule has 3 N–H and O–H groups in total. The minimum atomic E-state index is -0.492. The van der Waals surface area contributed by atoms with E-state index < -0.39 is 11.2 Å². The summed E-state index contributed by atoms with van der Waals surface area (Å²) < 4.78 is 12.9. The molecule has 1 fully saturated rings. The minimum absolute atomic E-state index is 0.203. The van der Waals surface area contributed by atoms with Gasteiger partial charge in [0.2, 0.25) is 11.1 Å². The molecule has 1 saturated heterocycles. The monoisotopic (exact) mass is 426 g/mol. The van der Waals surface area contributed by atoms with E-state index in [1.165, 1.54) is 10.6 Å². The van der Waals surface area contributed by atoms with Crippen molar-refractivity contribution in [2.45, 2.75) is 5.54 Å². The number of H-pyrrole nitrogens is 1. The van der Waals surface area contributed by atoms with Crippen molar-refractivity contribution in [3.63, 3.8) is 0 Å². The fourth-order valence-electron chi connectivity index (χ4n) is 4.13.